The van der Waals surface area contributed by atoms with E-state index in [0.717, 1.165) is 46.1 Å². The van der Waals surface area contributed by atoms with Gasteiger partial charge in [0.25, 0.3) is 0 Å². The van der Waals surface area contributed by atoms with E-state index in [1.54, 1.807) is 0 Å². The van der Waals surface area contributed by atoms with Crippen molar-refractivity contribution in [3.63, 3.8) is 0 Å². The summed E-state index contributed by atoms with van der Waals surface area (Å²) in [4.78, 5) is 16.1. The molecule has 1 saturated heterocycles. The van der Waals surface area contributed by atoms with Crippen LogP contribution in [0.2, 0.25) is 5.02 Å². The maximum atomic E-state index is 6.80. The Morgan fingerprint density at radius 1 is 1.03 bits per heavy atom. The molecule has 8 nitrogen and oxygen atoms in total. The molecule has 1 saturated carbocycles. The quantitative estimate of drug-likeness (QED) is 0.311. The molecule has 0 atom stereocenters. The zero-order chi connectivity index (χ0) is 24.9. The predicted octanol–water partition coefficient (Wildman–Crippen LogP) is 5.73. The lowest BCUT2D eigenvalue weighted by atomic mass is 9.79. The molecule has 0 spiro atoms. The first-order valence-electron chi connectivity index (χ1n) is 12.7. The van der Waals surface area contributed by atoms with Gasteiger partial charge < -0.3 is 15.4 Å². The van der Waals surface area contributed by atoms with Gasteiger partial charge in [-0.25, -0.2) is 19.6 Å². The van der Waals surface area contributed by atoms with Crippen LogP contribution in [0.3, 0.4) is 0 Å². The third kappa shape index (κ3) is 4.06. The number of nitrogens with zero attached hydrogens (tertiary/aromatic N) is 6. The van der Waals surface area contributed by atoms with Crippen molar-refractivity contribution < 1.29 is 4.74 Å². The number of anilines is 1. The lowest BCUT2D eigenvalue weighted by molar-refractivity contribution is 0.0880. The predicted molar refractivity (Wildman–Crippen MR) is 145 cm³/mol. The third-order valence-corrected chi connectivity index (χ3v) is 7.83. The van der Waals surface area contributed by atoms with Gasteiger partial charge in [-0.2, -0.15) is 5.10 Å². The summed E-state index contributed by atoms with van der Waals surface area (Å²) in [6, 6.07) is 17.5. The second-order valence-electron chi connectivity index (χ2n) is 9.99. The Morgan fingerprint density at radius 3 is 2.65 bits per heavy atom. The van der Waals surface area contributed by atoms with Crippen LogP contribution in [0.25, 0.3) is 33.2 Å². The molecule has 5 aromatic rings. The summed E-state index contributed by atoms with van der Waals surface area (Å²) in [6.07, 6.45) is 5.00. The Balaban J connectivity index is 1.26. The maximum absolute atomic E-state index is 6.80. The number of aromatic nitrogens is 5. The van der Waals surface area contributed by atoms with Crippen LogP contribution in [0.5, 0.6) is 11.6 Å². The van der Waals surface area contributed by atoms with Crippen LogP contribution >= 0.6 is 11.6 Å². The van der Waals surface area contributed by atoms with E-state index in [1.165, 1.54) is 32.4 Å². The number of hydrogen-bond donors (Lipinski definition) is 1. The first-order valence-corrected chi connectivity index (χ1v) is 13.0. The van der Waals surface area contributed by atoms with E-state index in [4.69, 9.17) is 32.2 Å². The van der Waals surface area contributed by atoms with Gasteiger partial charge in [-0.3, -0.25) is 0 Å². The van der Waals surface area contributed by atoms with Gasteiger partial charge in [-0.15, -0.1) is 0 Å². The first-order chi connectivity index (χ1) is 18.1. The van der Waals surface area contributed by atoms with Gasteiger partial charge in [0.15, 0.2) is 5.65 Å². The number of para-hydroxylation sites is 1. The fourth-order valence-corrected chi connectivity index (χ4v) is 5.65. The number of fused-ring (bicyclic) bond motifs is 2. The van der Waals surface area contributed by atoms with Gasteiger partial charge in [0, 0.05) is 23.6 Å². The molecular formula is C28H26ClN7O. The molecule has 186 valence electrons. The van der Waals surface area contributed by atoms with Crippen LogP contribution in [-0.4, -0.2) is 49.3 Å². The highest BCUT2D eigenvalue weighted by Gasteiger charge is 2.35. The van der Waals surface area contributed by atoms with Crippen LogP contribution in [0.1, 0.15) is 25.3 Å². The molecule has 37 heavy (non-hydrogen) atoms. The second kappa shape index (κ2) is 8.97. The maximum Gasteiger partial charge on any atom is 0.219 e. The number of benzene rings is 2. The molecule has 2 N–H and O–H groups in total. The summed E-state index contributed by atoms with van der Waals surface area (Å²) in [5.41, 5.74) is 9.31. The number of ether oxygens (including phenoxy) is 1. The minimum atomic E-state index is 0.292. The van der Waals surface area contributed by atoms with Crippen molar-refractivity contribution >= 4 is 39.4 Å². The average molecular weight is 512 g/mol. The van der Waals surface area contributed by atoms with Gasteiger partial charge in [0.05, 0.1) is 22.0 Å². The average Bonchev–Trinajstić information content (AvgIpc) is 3.23. The fraction of sp³-hybridized carbons (Fsp3) is 0.286. The number of hydrogen-bond acceptors (Lipinski definition) is 7. The Bertz CT molecular complexity index is 1610. The van der Waals surface area contributed by atoms with E-state index in [1.807, 2.05) is 59.3 Å². The molecule has 7 rings (SSSR count). The molecule has 2 aromatic carbocycles. The molecular weight excluding hydrogens is 486 g/mol. The molecule has 0 amide bonds. The van der Waals surface area contributed by atoms with Crippen LogP contribution in [0, 0.1) is 5.92 Å². The molecule has 1 aliphatic carbocycles. The fourth-order valence-electron chi connectivity index (χ4n) is 5.39. The van der Waals surface area contributed by atoms with Crippen molar-refractivity contribution in [3.8, 4) is 22.9 Å². The van der Waals surface area contributed by atoms with Crippen molar-refractivity contribution in [3.05, 3.63) is 65.9 Å². The minimum absolute atomic E-state index is 0.292. The lowest BCUT2D eigenvalue weighted by Gasteiger charge is -2.41. The number of likely N-dealkylation sites (tertiary alicyclic amines) is 1. The number of nitrogen functional groups attached to an aromatic ring is 1. The molecule has 2 aliphatic rings. The van der Waals surface area contributed by atoms with Gasteiger partial charge >= 0.3 is 0 Å². The number of nitrogens with two attached hydrogens (primary N) is 1. The number of pyridine rings is 1. The van der Waals surface area contributed by atoms with E-state index >= 15 is 0 Å². The minimum Gasteiger partial charge on any atom is -0.439 e. The SMILES string of the molecule is Nc1ncnc2c1c(-c1cc3nc(Oc4ccccc4)ccc3cc1Cl)nn2C1CC(CN2CCC2)C1. The van der Waals surface area contributed by atoms with Gasteiger partial charge in [-0.1, -0.05) is 29.8 Å². The van der Waals surface area contributed by atoms with E-state index in [0.29, 0.717) is 34.4 Å². The number of halogens is 1. The smallest absolute Gasteiger partial charge is 0.219 e. The van der Waals surface area contributed by atoms with Crippen molar-refractivity contribution in [2.45, 2.75) is 25.3 Å². The highest BCUT2D eigenvalue weighted by molar-refractivity contribution is 6.34. The molecule has 0 unspecified atom stereocenters. The van der Waals surface area contributed by atoms with Crippen LogP contribution in [-0.2, 0) is 0 Å². The molecule has 1 aliphatic heterocycles. The Labute approximate surface area is 219 Å². The third-order valence-electron chi connectivity index (χ3n) is 7.51. The van der Waals surface area contributed by atoms with Gasteiger partial charge in [0.1, 0.15) is 23.6 Å². The molecule has 4 heterocycles. The summed E-state index contributed by atoms with van der Waals surface area (Å²) in [5, 5.41) is 7.24. The molecule has 0 bridgehead atoms. The summed E-state index contributed by atoms with van der Waals surface area (Å²) in [6.45, 7) is 3.63. The Hall–Kier alpha value is -3.75. The Kier molecular flexibility index (Phi) is 5.44. The number of rotatable bonds is 6. The normalized spacial score (nSPS) is 19.6. The monoisotopic (exact) mass is 511 g/mol. The van der Waals surface area contributed by atoms with Crippen LogP contribution in [0.4, 0.5) is 5.82 Å². The van der Waals surface area contributed by atoms with E-state index in [-0.39, 0.29) is 0 Å². The van der Waals surface area contributed by atoms with E-state index in [9.17, 15) is 0 Å². The highest BCUT2D eigenvalue weighted by Crippen LogP contribution is 2.43. The van der Waals surface area contributed by atoms with Gasteiger partial charge in [-0.05, 0) is 68.6 Å². The van der Waals surface area contributed by atoms with Crippen LogP contribution < -0.4 is 10.5 Å². The lowest BCUT2D eigenvalue weighted by Crippen LogP contribution is -2.44. The summed E-state index contributed by atoms with van der Waals surface area (Å²) < 4.78 is 7.98. The van der Waals surface area contributed by atoms with E-state index < -0.39 is 0 Å². The second-order valence-corrected chi connectivity index (χ2v) is 10.4. The summed E-state index contributed by atoms with van der Waals surface area (Å²) >= 11 is 6.80. The molecule has 2 fully saturated rings. The molecule has 9 heteroatoms. The zero-order valence-electron chi connectivity index (χ0n) is 20.2. The van der Waals surface area contributed by atoms with Crippen LogP contribution in [0.15, 0.2) is 60.9 Å². The largest absolute Gasteiger partial charge is 0.439 e. The van der Waals surface area contributed by atoms with Crippen molar-refractivity contribution in [2.24, 2.45) is 5.92 Å². The summed E-state index contributed by atoms with van der Waals surface area (Å²) in [7, 11) is 0. The Morgan fingerprint density at radius 2 is 1.86 bits per heavy atom. The molecule has 3 aromatic heterocycles. The first kappa shape index (κ1) is 22.4. The van der Waals surface area contributed by atoms with E-state index in [2.05, 4.69) is 14.9 Å². The standard InChI is InChI=1S/C28H26ClN7O/c29-22-13-18-7-8-24(37-20-5-2-1-3-6-20)33-23(18)14-21(22)26-25-27(30)31-16-32-28(25)36(34-26)19-11-17(12-19)15-35-9-4-10-35/h1-3,5-8,13-14,16-17,19H,4,9-12,15H2,(H2,30,31,32). The van der Waals surface area contributed by atoms with Crippen molar-refractivity contribution in [1.29, 1.82) is 0 Å². The van der Waals surface area contributed by atoms with Gasteiger partial charge in [0.2, 0.25) is 5.88 Å². The van der Waals surface area contributed by atoms with Crippen molar-refractivity contribution in [1.82, 2.24) is 29.6 Å². The topological polar surface area (TPSA) is 95.0 Å². The molecule has 0 radical (unpaired) electrons. The highest BCUT2D eigenvalue weighted by atomic mass is 35.5. The zero-order valence-corrected chi connectivity index (χ0v) is 21.0. The summed E-state index contributed by atoms with van der Waals surface area (Å²) in [5.74, 6) is 2.33. The van der Waals surface area contributed by atoms with Crippen molar-refractivity contribution in [2.75, 3.05) is 25.4 Å².